The van der Waals surface area contributed by atoms with Gasteiger partial charge in [0.15, 0.2) is 0 Å². The number of hydrogen-bond acceptors (Lipinski definition) is 2. The Morgan fingerprint density at radius 1 is 1.64 bits per heavy atom. The highest BCUT2D eigenvalue weighted by atomic mass is 15.1. The Kier molecular flexibility index (Phi) is 2.35. The summed E-state index contributed by atoms with van der Waals surface area (Å²) in [5, 5.41) is 0. The molecule has 0 unspecified atom stereocenters. The molecular formula is C11H19N3. The topological polar surface area (TPSA) is 43.8 Å². The van der Waals surface area contributed by atoms with Crippen LogP contribution in [0.25, 0.3) is 0 Å². The first-order valence-electron chi connectivity index (χ1n) is 5.48. The molecule has 1 atom stereocenters. The number of imidazole rings is 1. The number of hydrogen-bond donors (Lipinski definition) is 1. The van der Waals surface area contributed by atoms with Crippen LogP contribution < -0.4 is 5.73 Å². The molecule has 1 aromatic heterocycles. The van der Waals surface area contributed by atoms with Gasteiger partial charge in [0.25, 0.3) is 0 Å². The summed E-state index contributed by atoms with van der Waals surface area (Å²) >= 11 is 0. The van der Waals surface area contributed by atoms with Gasteiger partial charge in [0.1, 0.15) is 0 Å². The van der Waals surface area contributed by atoms with Gasteiger partial charge >= 0.3 is 0 Å². The minimum absolute atomic E-state index is 0.0847. The molecule has 0 aromatic carbocycles. The first-order chi connectivity index (χ1) is 6.69. The molecule has 1 aliphatic carbocycles. The first-order valence-corrected chi connectivity index (χ1v) is 5.48. The molecule has 3 heteroatoms. The summed E-state index contributed by atoms with van der Waals surface area (Å²) in [5.41, 5.74) is 7.43. The molecule has 1 fully saturated rings. The van der Waals surface area contributed by atoms with Gasteiger partial charge in [0, 0.05) is 17.8 Å². The SMILES string of the molecule is CCC1(n2cncc2[C@@H](C)N)CCC1. The summed E-state index contributed by atoms with van der Waals surface area (Å²) in [6, 6.07) is 0.0847. The van der Waals surface area contributed by atoms with Crippen LogP contribution in [-0.2, 0) is 5.54 Å². The predicted octanol–water partition coefficient (Wildman–Crippen LogP) is 2.19. The van der Waals surface area contributed by atoms with Gasteiger partial charge in [-0.25, -0.2) is 4.98 Å². The van der Waals surface area contributed by atoms with E-state index in [1.165, 1.54) is 31.4 Å². The standard InChI is InChI=1S/C11H19N3/c1-3-11(5-4-6-11)14-8-13-7-10(14)9(2)12/h7-9H,3-6,12H2,1-2H3/t9-/m1/s1. The van der Waals surface area contributed by atoms with Crippen molar-refractivity contribution in [2.45, 2.75) is 51.1 Å². The Morgan fingerprint density at radius 3 is 2.79 bits per heavy atom. The zero-order valence-corrected chi connectivity index (χ0v) is 9.03. The third-order valence-electron chi connectivity index (χ3n) is 3.59. The molecule has 1 saturated carbocycles. The lowest BCUT2D eigenvalue weighted by atomic mass is 9.74. The number of rotatable bonds is 3. The lowest BCUT2D eigenvalue weighted by Gasteiger charge is -2.44. The summed E-state index contributed by atoms with van der Waals surface area (Å²) in [6.45, 7) is 4.28. The zero-order valence-electron chi connectivity index (χ0n) is 9.03. The van der Waals surface area contributed by atoms with Gasteiger partial charge < -0.3 is 10.3 Å². The molecule has 0 spiro atoms. The van der Waals surface area contributed by atoms with Crippen molar-refractivity contribution < 1.29 is 0 Å². The Balaban J connectivity index is 2.35. The molecular weight excluding hydrogens is 174 g/mol. The van der Waals surface area contributed by atoms with Crippen LogP contribution in [0.4, 0.5) is 0 Å². The normalized spacial score (nSPS) is 21.6. The molecule has 3 nitrogen and oxygen atoms in total. The maximum Gasteiger partial charge on any atom is 0.0953 e. The minimum atomic E-state index is 0.0847. The van der Waals surface area contributed by atoms with E-state index in [4.69, 9.17) is 5.73 Å². The second-order valence-electron chi connectivity index (χ2n) is 4.41. The summed E-state index contributed by atoms with van der Waals surface area (Å²) in [5.74, 6) is 0. The summed E-state index contributed by atoms with van der Waals surface area (Å²) in [4.78, 5) is 4.22. The Morgan fingerprint density at radius 2 is 2.36 bits per heavy atom. The monoisotopic (exact) mass is 193 g/mol. The summed E-state index contributed by atoms with van der Waals surface area (Å²) < 4.78 is 2.31. The minimum Gasteiger partial charge on any atom is -0.327 e. The van der Waals surface area contributed by atoms with Crippen LogP contribution in [0, 0.1) is 0 Å². The van der Waals surface area contributed by atoms with Crippen molar-refractivity contribution in [1.82, 2.24) is 9.55 Å². The highest BCUT2D eigenvalue weighted by molar-refractivity contribution is 5.10. The van der Waals surface area contributed by atoms with E-state index in [2.05, 4.69) is 16.5 Å². The molecule has 0 aliphatic heterocycles. The third-order valence-corrected chi connectivity index (χ3v) is 3.59. The first kappa shape index (κ1) is 9.71. The number of nitrogens with zero attached hydrogens (tertiary/aromatic N) is 2. The number of nitrogens with two attached hydrogens (primary N) is 1. The molecule has 78 valence electrons. The van der Waals surface area contributed by atoms with Gasteiger partial charge in [-0.2, -0.15) is 0 Å². The molecule has 0 amide bonds. The number of aromatic nitrogens is 2. The summed E-state index contributed by atoms with van der Waals surface area (Å²) in [6.07, 6.45) is 8.93. The zero-order chi connectivity index (χ0) is 10.2. The van der Waals surface area contributed by atoms with Gasteiger partial charge in [-0.1, -0.05) is 6.92 Å². The van der Waals surface area contributed by atoms with Crippen LogP contribution >= 0.6 is 0 Å². The Bertz CT molecular complexity index is 305. The molecule has 2 rings (SSSR count). The Labute approximate surface area is 85.3 Å². The average molecular weight is 193 g/mol. The molecule has 1 aliphatic rings. The highest BCUT2D eigenvalue weighted by Crippen LogP contribution is 2.43. The van der Waals surface area contributed by atoms with E-state index in [1.807, 2.05) is 19.4 Å². The van der Waals surface area contributed by atoms with E-state index in [9.17, 15) is 0 Å². The molecule has 0 saturated heterocycles. The second kappa shape index (κ2) is 3.39. The van der Waals surface area contributed by atoms with Crippen LogP contribution in [0.15, 0.2) is 12.5 Å². The lowest BCUT2D eigenvalue weighted by Crippen LogP contribution is -2.41. The predicted molar refractivity (Wildman–Crippen MR) is 56.9 cm³/mol. The molecule has 14 heavy (non-hydrogen) atoms. The third kappa shape index (κ3) is 1.27. The van der Waals surface area contributed by atoms with E-state index in [1.54, 1.807) is 0 Å². The molecule has 1 heterocycles. The van der Waals surface area contributed by atoms with Crippen molar-refractivity contribution in [2.75, 3.05) is 0 Å². The van der Waals surface area contributed by atoms with Gasteiger partial charge in [-0.05, 0) is 32.6 Å². The van der Waals surface area contributed by atoms with Gasteiger partial charge in [0.05, 0.1) is 12.0 Å². The van der Waals surface area contributed by atoms with Crippen molar-refractivity contribution in [1.29, 1.82) is 0 Å². The van der Waals surface area contributed by atoms with Crippen molar-refractivity contribution in [3.8, 4) is 0 Å². The van der Waals surface area contributed by atoms with Crippen molar-refractivity contribution in [3.05, 3.63) is 18.2 Å². The van der Waals surface area contributed by atoms with E-state index in [0.29, 0.717) is 5.54 Å². The van der Waals surface area contributed by atoms with Crippen LogP contribution in [0.3, 0.4) is 0 Å². The van der Waals surface area contributed by atoms with E-state index >= 15 is 0 Å². The molecule has 2 N–H and O–H groups in total. The quantitative estimate of drug-likeness (QED) is 0.799. The molecule has 0 bridgehead atoms. The van der Waals surface area contributed by atoms with Gasteiger partial charge in [-0.15, -0.1) is 0 Å². The van der Waals surface area contributed by atoms with E-state index in [-0.39, 0.29) is 6.04 Å². The summed E-state index contributed by atoms with van der Waals surface area (Å²) in [7, 11) is 0. The largest absolute Gasteiger partial charge is 0.327 e. The van der Waals surface area contributed by atoms with Crippen molar-refractivity contribution in [2.24, 2.45) is 5.73 Å². The fourth-order valence-corrected chi connectivity index (χ4v) is 2.39. The van der Waals surface area contributed by atoms with Crippen LogP contribution in [-0.4, -0.2) is 9.55 Å². The molecule has 1 aromatic rings. The average Bonchev–Trinajstić information content (AvgIpc) is 2.52. The van der Waals surface area contributed by atoms with Crippen molar-refractivity contribution in [3.63, 3.8) is 0 Å². The lowest BCUT2D eigenvalue weighted by molar-refractivity contribution is 0.131. The smallest absolute Gasteiger partial charge is 0.0953 e. The maximum atomic E-state index is 5.93. The van der Waals surface area contributed by atoms with Crippen molar-refractivity contribution >= 4 is 0 Å². The fourth-order valence-electron chi connectivity index (χ4n) is 2.39. The van der Waals surface area contributed by atoms with E-state index < -0.39 is 0 Å². The van der Waals surface area contributed by atoms with Crippen LogP contribution in [0.1, 0.15) is 51.3 Å². The fraction of sp³-hybridized carbons (Fsp3) is 0.727. The maximum absolute atomic E-state index is 5.93. The van der Waals surface area contributed by atoms with Gasteiger partial charge in [-0.3, -0.25) is 0 Å². The van der Waals surface area contributed by atoms with Gasteiger partial charge in [0.2, 0.25) is 0 Å². The highest BCUT2D eigenvalue weighted by Gasteiger charge is 2.38. The van der Waals surface area contributed by atoms with Crippen LogP contribution in [0.2, 0.25) is 0 Å². The molecule has 0 radical (unpaired) electrons. The Hall–Kier alpha value is -0.830. The second-order valence-corrected chi connectivity index (χ2v) is 4.41. The van der Waals surface area contributed by atoms with Crippen LogP contribution in [0.5, 0.6) is 0 Å². The van der Waals surface area contributed by atoms with E-state index in [0.717, 1.165) is 0 Å².